The molecule has 2 N–H and O–H groups in total. The fourth-order valence-corrected chi connectivity index (χ4v) is 4.61. The first-order valence-electron chi connectivity index (χ1n) is 9.51. The van der Waals surface area contributed by atoms with Crippen molar-refractivity contribution in [2.45, 2.75) is 60.3 Å². The first kappa shape index (κ1) is 19.6. The van der Waals surface area contributed by atoms with Gasteiger partial charge < -0.3 is 10.6 Å². The van der Waals surface area contributed by atoms with Gasteiger partial charge in [0.25, 0.3) is 5.91 Å². The van der Waals surface area contributed by atoms with Crippen molar-refractivity contribution >= 4 is 33.8 Å². The maximum atomic E-state index is 13.2. The molecule has 1 heterocycles. The summed E-state index contributed by atoms with van der Waals surface area (Å²) in [6.45, 7) is 9.67. The number of benzene rings is 1. The number of nitrogens with one attached hydrogen (secondary N) is 2. The standard InChI is InChI=1S/C22H28N2O2S/c1-13-10-11-16(14(2)12-13)23-19(25)18-15-8-6-7-9-17(15)27-20(18)24-21(26)22(3,4)5/h10-12H,6-9H2,1-5H3,(H,23,25)(H,24,26). The fraction of sp³-hybridized carbons (Fsp3) is 0.455. The number of hydrogen-bond acceptors (Lipinski definition) is 3. The number of hydrogen-bond donors (Lipinski definition) is 2. The second kappa shape index (κ2) is 7.47. The summed E-state index contributed by atoms with van der Waals surface area (Å²) in [6, 6.07) is 5.99. The van der Waals surface area contributed by atoms with E-state index in [2.05, 4.69) is 16.7 Å². The average molecular weight is 385 g/mol. The third-order valence-electron chi connectivity index (χ3n) is 4.94. The van der Waals surface area contributed by atoms with Crippen LogP contribution in [0.3, 0.4) is 0 Å². The Bertz CT molecular complexity index is 890. The van der Waals surface area contributed by atoms with Crippen LogP contribution in [0.25, 0.3) is 0 Å². The Morgan fingerprint density at radius 1 is 1.04 bits per heavy atom. The highest BCUT2D eigenvalue weighted by Crippen LogP contribution is 2.39. The Hall–Kier alpha value is -2.14. The quantitative estimate of drug-likeness (QED) is 0.736. The molecule has 0 unspecified atom stereocenters. The number of amides is 2. The van der Waals surface area contributed by atoms with Crippen molar-refractivity contribution in [1.29, 1.82) is 0 Å². The minimum absolute atomic E-state index is 0.0679. The summed E-state index contributed by atoms with van der Waals surface area (Å²) in [5.74, 6) is -0.202. The van der Waals surface area contributed by atoms with Crippen LogP contribution in [-0.2, 0) is 17.6 Å². The van der Waals surface area contributed by atoms with E-state index in [-0.39, 0.29) is 11.8 Å². The van der Waals surface area contributed by atoms with E-state index < -0.39 is 5.41 Å². The SMILES string of the molecule is Cc1ccc(NC(=O)c2c(NC(=O)C(C)(C)C)sc3c2CCCC3)c(C)c1. The van der Waals surface area contributed by atoms with E-state index in [1.54, 1.807) is 11.3 Å². The third-order valence-corrected chi connectivity index (χ3v) is 6.14. The molecule has 1 aromatic heterocycles. The van der Waals surface area contributed by atoms with Crippen LogP contribution < -0.4 is 10.6 Å². The van der Waals surface area contributed by atoms with Crippen LogP contribution in [0.5, 0.6) is 0 Å². The van der Waals surface area contributed by atoms with Gasteiger partial charge >= 0.3 is 0 Å². The van der Waals surface area contributed by atoms with Gasteiger partial charge in [0.05, 0.1) is 5.56 Å². The Balaban J connectivity index is 1.96. The Morgan fingerprint density at radius 2 is 1.74 bits per heavy atom. The molecular weight excluding hydrogens is 356 g/mol. The zero-order valence-corrected chi connectivity index (χ0v) is 17.6. The second-order valence-electron chi connectivity index (χ2n) is 8.39. The topological polar surface area (TPSA) is 58.2 Å². The second-order valence-corrected chi connectivity index (χ2v) is 9.50. The Kier molecular flexibility index (Phi) is 5.43. The van der Waals surface area contributed by atoms with Crippen LogP contribution in [0.2, 0.25) is 0 Å². The van der Waals surface area contributed by atoms with E-state index in [4.69, 9.17) is 0 Å². The van der Waals surface area contributed by atoms with Gasteiger partial charge in [-0.05, 0) is 56.7 Å². The van der Waals surface area contributed by atoms with E-state index in [1.165, 1.54) is 4.88 Å². The molecule has 2 aromatic rings. The molecule has 0 bridgehead atoms. The molecule has 0 atom stereocenters. The first-order chi connectivity index (χ1) is 12.7. The summed E-state index contributed by atoms with van der Waals surface area (Å²) in [7, 11) is 0. The first-order valence-corrected chi connectivity index (χ1v) is 10.3. The summed E-state index contributed by atoms with van der Waals surface area (Å²) < 4.78 is 0. The maximum absolute atomic E-state index is 13.2. The lowest BCUT2D eigenvalue weighted by Crippen LogP contribution is -2.28. The number of carbonyl (C=O) groups is 2. The monoisotopic (exact) mass is 384 g/mol. The molecule has 3 rings (SSSR count). The molecular formula is C22H28N2O2S. The minimum atomic E-state index is -0.508. The largest absolute Gasteiger partial charge is 0.322 e. The molecule has 144 valence electrons. The summed E-state index contributed by atoms with van der Waals surface area (Å²) in [5, 5.41) is 6.76. The van der Waals surface area contributed by atoms with Gasteiger partial charge in [0.15, 0.2) is 0 Å². The van der Waals surface area contributed by atoms with Gasteiger partial charge in [-0.1, -0.05) is 38.5 Å². The maximum Gasteiger partial charge on any atom is 0.258 e. The molecule has 0 saturated heterocycles. The molecule has 1 aliphatic carbocycles. The summed E-state index contributed by atoms with van der Waals surface area (Å²) in [4.78, 5) is 26.9. The molecule has 2 amide bonds. The van der Waals surface area contributed by atoms with Gasteiger partial charge in [0.2, 0.25) is 5.91 Å². The molecule has 1 aliphatic rings. The van der Waals surface area contributed by atoms with E-state index in [9.17, 15) is 9.59 Å². The molecule has 1 aromatic carbocycles. The van der Waals surface area contributed by atoms with Crippen LogP contribution >= 0.6 is 11.3 Å². The van der Waals surface area contributed by atoms with Crippen molar-refractivity contribution in [1.82, 2.24) is 0 Å². The van der Waals surface area contributed by atoms with Crippen molar-refractivity contribution in [3.63, 3.8) is 0 Å². The zero-order chi connectivity index (χ0) is 19.8. The van der Waals surface area contributed by atoms with Crippen LogP contribution in [0, 0.1) is 19.3 Å². The van der Waals surface area contributed by atoms with Gasteiger partial charge in [0, 0.05) is 16.0 Å². The van der Waals surface area contributed by atoms with E-state index in [0.717, 1.165) is 48.1 Å². The molecule has 0 spiro atoms. The van der Waals surface area contributed by atoms with Crippen molar-refractivity contribution in [2.75, 3.05) is 10.6 Å². The molecule has 0 fully saturated rings. The van der Waals surface area contributed by atoms with Crippen molar-refractivity contribution < 1.29 is 9.59 Å². The number of rotatable bonds is 3. The zero-order valence-electron chi connectivity index (χ0n) is 16.8. The highest BCUT2D eigenvalue weighted by Gasteiger charge is 2.29. The van der Waals surface area contributed by atoms with E-state index >= 15 is 0 Å². The minimum Gasteiger partial charge on any atom is -0.322 e. The van der Waals surface area contributed by atoms with Gasteiger partial charge in [0.1, 0.15) is 5.00 Å². The molecule has 0 radical (unpaired) electrons. The molecule has 0 saturated carbocycles. The van der Waals surface area contributed by atoms with Gasteiger partial charge in [-0.15, -0.1) is 11.3 Å². The van der Waals surface area contributed by atoms with Crippen LogP contribution in [-0.4, -0.2) is 11.8 Å². The summed E-state index contributed by atoms with van der Waals surface area (Å²) in [6.07, 6.45) is 4.10. The lowest BCUT2D eigenvalue weighted by Gasteiger charge is -2.18. The number of aryl methyl sites for hydroxylation is 3. The normalized spacial score (nSPS) is 13.8. The molecule has 0 aliphatic heterocycles. The highest BCUT2D eigenvalue weighted by atomic mass is 32.1. The Labute approximate surface area is 165 Å². The lowest BCUT2D eigenvalue weighted by molar-refractivity contribution is -0.123. The highest BCUT2D eigenvalue weighted by molar-refractivity contribution is 7.17. The van der Waals surface area contributed by atoms with Crippen molar-refractivity contribution in [2.24, 2.45) is 5.41 Å². The lowest BCUT2D eigenvalue weighted by atomic mass is 9.94. The number of anilines is 2. The van der Waals surface area contributed by atoms with Crippen LogP contribution in [0.15, 0.2) is 18.2 Å². The van der Waals surface area contributed by atoms with Crippen molar-refractivity contribution in [3.05, 3.63) is 45.3 Å². The van der Waals surface area contributed by atoms with Gasteiger partial charge in [-0.2, -0.15) is 0 Å². The predicted octanol–water partition coefficient (Wildman–Crippen LogP) is 5.48. The average Bonchev–Trinajstić information content (AvgIpc) is 2.94. The molecule has 27 heavy (non-hydrogen) atoms. The predicted molar refractivity (Wildman–Crippen MR) is 113 cm³/mol. The molecule has 5 heteroatoms. The molecule has 4 nitrogen and oxygen atoms in total. The number of thiophene rings is 1. The van der Waals surface area contributed by atoms with E-state index in [0.29, 0.717) is 10.6 Å². The van der Waals surface area contributed by atoms with Gasteiger partial charge in [-0.25, -0.2) is 0 Å². The number of fused-ring (bicyclic) bond motifs is 1. The van der Waals surface area contributed by atoms with E-state index in [1.807, 2.05) is 46.8 Å². The van der Waals surface area contributed by atoms with Gasteiger partial charge in [-0.3, -0.25) is 9.59 Å². The fourth-order valence-electron chi connectivity index (χ4n) is 3.32. The van der Waals surface area contributed by atoms with Crippen LogP contribution in [0.4, 0.5) is 10.7 Å². The van der Waals surface area contributed by atoms with Crippen molar-refractivity contribution in [3.8, 4) is 0 Å². The Morgan fingerprint density at radius 3 is 2.41 bits per heavy atom. The smallest absolute Gasteiger partial charge is 0.258 e. The number of carbonyl (C=O) groups excluding carboxylic acids is 2. The summed E-state index contributed by atoms with van der Waals surface area (Å²) in [5.41, 5.74) is 4.26. The van der Waals surface area contributed by atoms with Crippen LogP contribution in [0.1, 0.15) is 65.5 Å². The summed E-state index contributed by atoms with van der Waals surface area (Å²) >= 11 is 1.56. The third kappa shape index (κ3) is 4.24.